The second kappa shape index (κ2) is 8.78. The van der Waals surface area contributed by atoms with Gasteiger partial charge >= 0.3 is 0 Å². The highest BCUT2D eigenvalue weighted by atomic mass is 32.2. The summed E-state index contributed by atoms with van der Waals surface area (Å²) in [6, 6.07) is 15.2. The largest absolute Gasteiger partial charge is 0.497 e. The zero-order chi connectivity index (χ0) is 20.1. The van der Waals surface area contributed by atoms with Crippen molar-refractivity contribution in [2.75, 3.05) is 14.2 Å². The first-order valence-electron chi connectivity index (χ1n) is 8.78. The molecule has 0 aliphatic heterocycles. The number of rotatable bonds is 8. The molecule has 0 fully saturated rings. The number of aromatic nitrogens is 4. The average molecular weight is 410 g/mol. The highest BCUT2D eigenvalue weighted by Crippen LogP contribution is 2.25. The summed E-state index contributed by atoms with van der Waals surface area (Å²) in [5, 5.41) is 16.8. The van der Waals surface area contributed by atoms with Crippen LogP contribution in [0.4, 0.5) is 0 Å². The molecule has 0 saturated heterocycles. The molecule has 0 bridgehead atoms. The lowest BCUT2D eigenvalue weighted by Crippen LogP contribution is -1.89. The topological polar surface area (TPSA) is 96.3 Å². The van der Waals surface area contributed by atoms with Crippen molar-refractivity contribution in [3.63, 3.8) is 0 Å². The lowest BCUT2D eigenvalue weighted by atomic mass is 10.1. The Morgan fingerprint density at radius 3 is 2.10 bits per heavy atom. The average Bonchev–Trinajstić information content (AvgIpc) is 3.42. The van der Waals surface area contributed by atoms with Crippen molar-refractivity contribution >= 4 is 11.8 Å². The summed E-state index contributed by atoms with van der Waals surface area (Å²) in [6.07, 6.45) is 0.555. The van der Waals surface area contributed by atoms with Crippen molar-refractivity contribution in [3.8, 4) is 23.0 Å². The van der Waals surface area contributed by atoms with Crippen LogP contribution >= 0.6 is 11.8 Å². The number of methoxy groups -OCH3 is 2. The molecule has 2 aromatic carbocycles. The van der Waals surface area contributed by atoms with Crippen LogP contribution in [0.3, 0.4) is 0 Å². The van der Waals surface area contributed by atoms with Crippen LogP contribution < -0.4 is 9.47 Å². The van der Waals surface area contributed by atoms with E-state index in [1.54, 1.807) is 14.2 Å². The number of ether oxygens (including phenoxy) is 2. The van der Waals surface area contributed by atoms with Crippen LogP contribution in [0.1, 0.15) is 17.3 Å². The molecule has 0 amide bonds. The predicted octanol–water partition coefficient (Wildman–Crippen LogP) is 4.02. The normalized spacial score (nSPS) is 10.8. The monoisotopic (exact) mass is 410 g/mol. The number of benzene rings is 2. The van der Waals surface area contributed by atoms with Crippen molar-refractivity contribution in [2.45, 2.75) is 17.4 Å². The van der Waals surface area contributed by atoms with E-state index >= 15 is 0 Å². The maximum absolute atomic E-state index is 5.70. The first-order chi connectivity index (χ1) is 14.2. The molecule has 0 spiro atoms. The van der Waals surface area contributed by atoms with Gasteiger partial charge in [-0.05, 0) is 42.0 Å². The lowest BCUT2D eigenvalue weighted by Gasteiger charge is -2.00. The van der Waals surface area contributed by atoms with Crippen LogP contribution in [-0.2, 0) is 12.2 Å². The van der Waals surface area contributed by atoms with E-state index in [9.17, 15) is 0 Å². The van der Waals surface area contributed by atoms with E-state index < -0.39 is 0 Å². The Kier molecular flexibility index (Phi) is 5.76. The molecular formula is C20H18N4O4S. The summed E-state index contributed by atoms with van der Waals surface area (Å²) >= 11 is 1.35. The Balaban J connectivity index is 1.34. The van der Waals surface area contributed by atoms with Gasteiger partial charge in [-0.15, -0.1) is 20.4 Å². The van der Waals surface area contributed by atoms with Gasteiger partial charge in [0.05, 0.1) is 26.4 Å². The fourth-order valence-electron chi connectivity index (χ4n) is 2.57. The first-order valence-corrected chi connectivity index (χ1v) is 9.77. The third-order valence-electron chi connectivity index (χ3n) is 4.09. The van der Waals surface area contributed by atoms with E-state index in [0.29, 0.717) is 35.1 Å². The Morgan fingerprint density at radius 1 is 0.759 bits per heavy atom. The molecule has 0 aliphatic rings. The van der Waals surface area contributed by atoms with E-state index in [-0.39, 0.29) is 0 Å². The minimum Gasteiger partial charge on any atom is -0.497 e. The third-order valence-corrected chi connectivity index (χ3v) is 4.89. The molecule has 2 heterocycles. The SMILES string of the molecule is COc1ccc(Cc2nnc(SCc3nnc(-c4ccc(OC)cc4)o3)o2)cc1. The molecule has 4 rings (SSSR count). The smallest absolute Gasteiger partial charge is 0.277 e. The molecule has 148 valence electrons. The van der Waals surface area contributed by atoms with E-state index in [4.69, 9.17) is 18.3 Å². The van der Waals surface area contributed by atoms with Crippen LogP contribution in [-0.4, -0.2) is 34.6 Å². The summed E-state index contributed by atoms with van der Waals surface area (Å²) in [5.41, 5.74) is 1.89. The summed E-state index contributed by atoms with van der Waals surface area (Å²) in [4.78, 5) is 0. The Morgan fingerprint density at radius 2 is 1.41 bits per heavy atom. The Hall–Kier alpha value is -3.33. The molecule has 29 heavy (non-hydrogen) atoms. The van der Waals surface area contributed by atoms with Crippen LogP contribution in [0.5, 0.6) is 11.5 Å². The van der Waals surface area contributed by atoms with Gasteiger partial charge in [-0.3, -0.25) is 0 Å². The standard InChI is InChI=1S/C20H18N4O4S/c1-25-15-7-3-13(4-8-15)11-17-21-24-20(28-17)29-12-18-22-23-19(27-18)14-5-9-16(26-2)10-6-14/h3-10H,11-12H2,1-2H3. The number of hydrogen-bond donors (Lipinski definition) is 0. The zero-order valence-electron chi connectivity index (χ0n) is 15.9. The Labute approximate surface area is 171 Å². The fraction of sp³-hybridized carbons (Fsp3) is 0.200. The number of nitrogens with zero attached hydrogens (tertiary/aromatic N) is 4. The molecule has 0 atom stereocenters. The number of thioether (sulfide) groups is 1. The second-order valence-electron chi connectivity index (χ2n) is 6.00. The maximum atomic E-state index is 5.70. The maximum Gasteiger partial charge on any atom is 0.277 e. The van der Waals surface area contributed by atoms with E-state index in [1.807, 2.05) is 48.5 Å². The van der Waals surface area contributed by atoms with Crippen molar-refractivity contribution in [2.24, 2.45) is 0 Å². The van der Waals surface area contributed by atoms with Crippen molar-refractivity contribution < 1.29 is 18.3 Å². The Bertz CT molecular complexity index is 1060. The van der Waals surface area contributed by atoms with Crippen LogP contribution in [0, 0.1) is 0 Å². The third kappa shape index (κ3) is 4.75. The van der Waals surface area contributed by atoms with Crippen molar-refractivity contribution in [3.05, 3.63) is 65.9 Å². The van der Waals surface area contributed by atoms with E-state index in [1.165, 1.54) is 11.8 Å². The number of hydrogen-bond acceptors (Lipinski definition) is 9. The molecular weight excluding hydrogens is 392 g/mol. The first kappa shape index (κ1) is 19.0. The molecule has 0 saturated carbocycles. The molecule has 8 nitrogen and oxygen atoms in total. The van der Waals surface area contributed by atoms with Crippen LogP contribution in [0.2, 0.25) is 0 Å². The fourth-order valence-corrected chi connectivity index (χ4v) is 3.19. The highest BCUT2D eigenvalue weighted by Gasteiger charge is 2.12. The van der Waals surface area contributed by atoms with E-state index in [0.717, 1.165) is 22.6 Å². The summed E-state index contributed by atoms with van der Waals surface area (Å²) in [7, 11) is 3.26. The molecule has 0 N–H and O–H groups in total. The van der Waals surface area contributed by atoms with E-state index in [2.05, 4.69) is 20.4 Å². The molecule has 2 aromatic heterocycles. The molecule has 9 heteroatoms. The molecule has 4 aromatic rings. The van der Waals surface area contributed by atoms with Gasteiger partial charge in [-0.2, -0.15) is 0 Å². The molecule has 0 aliphatic carbocycles. The lowest BCUT2D eigenvalue weighted by molar-refractivity contribution is 0.413. The van der Waals surface area contributed by atoms with Gasteiger partial charge in [0.25, 0.3) is 5.22 Å². The van der Waals surface area contributed by atoms with Crippen LogP contribution in [0.25, 0.3) is 11.5 Å². The van der Waals surface area contributed by atoms with Gasteiger partial charge in [-0.1, -0.05) is 23.9 Å². The minimum absolute atomic E-state index is 0.438. The van der Waals surface area contributed by atoms with Gasteiger partial charge in [0.2, 0.25) is 17.7 Å². The minimum atomic E-state index is 0.438. The zero-order valence-corrected chi connectivity index (χ0v) is 16.7. The quantitative estimate of drug-likeness (QED) is 0.399. The second-order valence-corrected chi connectivity index (χ2v) is 6.93. The van der Waals surface area contributed by atoms with Gasteiger partial charge in [0, 0.05) is 5.56 Å². The molecule has 0 radical (unpaired) electrons. The van der Waals surface area contributed by atoms with Gasteiger partial charge in [0.1, 0.15) is 11.5 Å². The van der Waals surface area contributed by atoms with Crippen LogP contribution in [0.15, 0.2) is 62.6 Å². The summed E-state index contributed by atoms with van der Waals surface area (Å²) in [5.74, 6) is 3.50. The summed E-state index contributed by atoms with van der Waals surface area (Å²) in [6.45, 7) is 0. The summed E-state index contributed by atoms with van der Waals surface area (Å²) < 4.78 is 21.7. The molecule has 0 unspecified atom stereocenters. The van der Waals surface area contributed by atoms with Gasteiger partial charge in [-0.25, -0.2) is 0 Å². The van der Waals surface area contributed by atoms with Gasteiger partial charge in [0.15, 0.2) is 0 Å². The van der Waals surface area contributed by atoms with Crippen molar-refractivity contribution in [1.29, 1.82) is 0 Å². The van der Waals surface area contributed by atoms with Gasteiger partial charge < -0.3 is 18.3 Å². The highest BCUT2D eigenvalue weighted by molar-refractivity contribution is 7.98. The van der Waals surface area contributed by atoms with Crippen molar-refractivity contribution in [1.82, 2.24) is 20.4 Å². The predicted molar refractivity (Wildman–Crippen MR) is 106 cm³/mol.